The Kier molecular flexibility index (Phi) is 5.10. The fourth-order valence-corrected chi connectivity index (χ4v) is 3.71. The van der Waals surface area contributed by atoms with Gasteiger partial charge in [0.05, 0.1) is 10.9 Å². The molecule has 1 N–H and O–H groups in total. The molecule has 0 saturated heterocycles. The van der Waals surface area contributed by atoms with E-state index < -0.39 is 5.25 Å². The highest BCUT2D eigenvalue weighted by Gasteiger charge is 2.34. The maximum atomic E-state index is 12.6. The number of aromatic nitrogens is 2. The maximum Gasteiger partial charge on any atom is 0.241 e. The van der Waals surface area contributed by atoms with Gasteiger partial charge < -0.3 is 10.2 Å². The summed E-state index contributed by atoms with van der Waals surface area (Å²) in [5.74, 6) is -0.185. The van der Waals surface area contributed by atoms with Crippen LogP contribution in [0.5, 0.6) is 0 Å². The molecule has 0 saturated carbocycles. The van der Waals surface area contributed by atoms with Gasteiger partial charge in [0.1, 0.15) is 5.03 Å². The lowest BCUT2D eigenvalue weighted by Crippen LogP contribution is -2.43. The Balaban J connectivity index is 1.65. The number of hydrogen-bond donors (Lipinski definition) is 1. The zero-order valence-corrected chi connectivity index (χ0v) is 14.1. The Morgan fingerprint density at radius 2 is 2.08 bits per heavy atom. The average Bonchev–Trinajstić information content (AvgIpc) is 2.62. The van der Waals surface area contributed by atoms with Gasteiger partial charge in [-0.05, 0) is 36.8 Å². The van der Waals surface area contributed by atoms with Gasteiger partial charge in [-0.1, -0.05) is 11.8 Å². The van der Waals surface area contributed by atoms with Crippen LogP contribution < -0.4 is 10.2 Å². The Morgan fingerprint density at radius 1 is 1.29 bits per heavy atom. The summed E-state index contributed by atoms with van der Waals surface area (Å²) in [7, 11) is 0. The molecule has 1 atom stereocenters. The molecule has 7 heteroatoms. The molecule has 0 fully saturated rings. The van der Waals surface area contributed by atoms with Gasteiger partial charge in [0, 0.05) is 38.1 Å². The second-order valence-corrected chi connectivity index (χ2v) is 6.54. The van der Waals surface area contributed by atoms with Crippen molar-refractivity contribution in [2.24, 2.45) is 0 Å². The van der Waals surface area contributed by atoms with E-state index in [0.29, 0.717) is 13.1 Å². The molecule has 0 radical (unpaired) electrons. The van der Waals surface area contributed by atoms with Crippen LogP contribution in [0.1, 0.15) is 18.9 Å². The number of nitrogens with one attached hydrogen (secondary N) is 1. The van der Waals surface area contributed by atoms with Crippen molar-refractivity contribution < 1.29 is 9.59 Å². The monoisotopic (exact) mass is 342 g/mol. The fraction of sp³-hybridized carbons (Fsp3) is 0.294. The largest absolute Gasteiger partial charge is 0.352 e. The van der Waals surface area contributed by atoms with Crippen molar-refractivity contribution >= 4 is 29.3 Å². The molecule has 2 aromatic heterocycles. The minimum atomic E-state index is -0.440. The Hall–Kier alpha value is -2.41. The smallest absolute Gasteiger partial charge is 0.241 e. The maximum absolute atomic E-state index is 12.6. The molecular weight excluding hydrogens is 324 g/mol. The molecule has 6 nitrogen and oxygen atoms in total. The Bertz CT molecular complexity index is 738. The minimum absolute atomic E-state index is 0.0398. The summed E-state index contributed by atoms with van der Waals surface area (Å²) in [5.41, 5.74) is 1.80. The number of carbonyl (C=O) groups is 2. The Morgan fingerprint density at radius 3 is 2.83 bits per heavy atom. The number of amides is 2. The first kappa shape index (κ1) is 16.4. The van der Waals surface area contributed by atoms with Crippen molar-refractivity contribution in [3.8, 4) is 0 Å². The quantitative estimate of drug-likeness (QED) is 0.900. The summed E-state index contributed by atoms with van der Waals surface area (Å²) in [6.07, 6.45) is 5.21. The Labute approximate surface area is 144 Å². The van der Waals surface area contributed by atoms with Gasteiger partial charge in [0.15, 0.2) is 0 Å². The van der Waals surface area contributed by atoms with Crippen LogP contribution in [0.25, 0.3) is 0 Å². The first-order chi connectivity index (χ1) is 11.7. The molecule has 0 spiro atoms. The molecule has 3 rings (SSSR count). The number of hydrogen-bond acceptors (Lipinski definition) is 5. The zero-order chi connectivity index (χ0) is 16.9. The summed E-state index contributed by atoms with van der Waals surface area (Å²) in [5, 5.41) is 3.21. The third-order valence-electron chi connectivity index (χ3n) is 3.76. The van der Waals surface area contributed by atoms with Crippen LogP contribution in [0.3, 0.4) is 0 Å². The van der Waals surface area contributed by atoms with Gasteiger partial charge in [0.25, 0.3) is 0 Å². The van der Waals surface area contributed by atoms with E-state index in [1.807, 2.05) is 31.2 Å². The fourth-order valence-electron chi connectivity index (χ4n) is 2.55. The van der Waals surface area contributed by atoms with E-state index in [1.165, 1.54) is 11.8 Å². The van der Waals surface area contributed by atoms with Crippen LogP contribution in [-0.4, -0.2) is 33.6 Å². The van der Waals surface area contributed by atoms with E-state index in [1.54, 1.807) is 23.5 Å². The summed E-state index contributed by atoms with van der Waals surface area (Å²) < 4.78 is 0. The third-order valence-corrected chi connectivity index (χ3v) is 4.95. The standard InChI is InChI=1S/C17H18N4O2S/c1-2-21-13-4-3-7-19-16(13)24-14(17(21)23)10-15(22)20-11-12-5-8-18-9-6-12/h3-9,14H,2,10-11H2,1H3,(H,20,22)/t14-/m0/s1. The summed E-state index contributed by atoms with van der Waals surface area (Å²) in [6, 6.07) is 7.40. The van der Waals surface area contributed by atoms with E-state index >= 15 is 0 Å². The van der Waals surface area contributed by atoms with Crippen LogP contribution in [0, 0.1) is 0 Å². The molecule has 2 amide bonds. The first-order valence-electron chi connectivity index (χ1n) is 7.77. The normalized spacial score (nSPS) is 16.6. The van der Waals surface area contributed by atoms with Crippen molar-refractivity contribution in [3.63, 3.8) is 0 Å². The number of pyridine rings is 2. The van der Waals surface area contributed by atoms with Crippen LogP contribution in [0.15, 0.2) is 47.9 Å². The molecule has 0 aliphatic carbocycles. The number of nitrogens with zero attached hydrogens (tertiary/aromatic N) is 3. The van der Waals surface area contributed by atoms with E-state index in [4.69, 9.17) is 0 Å². The predicted octanol–water partition coefficient (Wildman–Crippen LogP) is 2.01. The number of carbonyl (C=O) groups excluding carboxylic acids is 2. The van der Waals surface area contributed by atoms with E-state index in [-0.39, 0.29) is 18.2 Å². The second kappa shape index (κ2) is 7.44. The number of anilines is 1. The van der Waals surface area contributed by atoms with Gasteiger partial charge in [-0.15, -0.1) is 0 Å². The summed E-state index contributed by atoms with van der Waals surface area (Å²) in [6.45, 7) is 2.91. The highest BCUT2D eigenvalue weighted by atomic mass is 32.2. The SMILES string of the molecule is CCN1C(=O)[C@H](CC(=O)NCc2ccncc2)Sc2ncccc21. The van der Waals surface area contributed by atoms with Gasteiger partial charge in [0.2, 0.25) is 11.8 Å². The van der Waals surface area contributed by atoms with Crippen molar-refractivity contribution in [2.75, 3.05) is 11.4 Å². The van der Waals surface area contributed by atoms with Gasteiger partial charge in [-0.3, -0.25) is 14.6 Å². The second-order valence-electron chi connectivity index (χ2n) is 5.35. The van der Waals surface area contributed by atoms with Crippen LogP contribution in [0.2, 0.25) is 0 Å². The number of fused-ring (bicyclic) bond motifs is 1. The van der Waals surface area contributed by atoms with E-state index in [9.17, 15) is 9.59 Å². The van der Waals surface area contributed by atoms with Crippen LogP contribution in [-0.2, 0) is 16.1 Å². The predicted molar refractivity (Wildman–Crippen MR) is 92.6 cm³/mol. The molecule has 24 heavy (non-hydrogen) atoms. The van der Waals surface area contributed by atoms with Crippen molar-refractivity contribution in [1.29, 1.82) is 0 Å². The van der Waals surface area contributed by atoms with Crippen molar-refractivity contribution in [2.45, 2.75) is 30.2 Å². The van der Waals surface area contributed by atoms with E-state index in [2.05, 4.69) is 15.3 Å². The number of rotatable bonds is 5. The van der Waals surface area contributed by atoms with Crippen LogP contribution in [0.4, 0.5) is 5.69 Å². The lowest BCUT2D eigenvalue weighted by atomic mass is 10.2. The molecule has 1 aliphatic heterocycles. The highest BCUT2D eigenvalue weighted by Crippen LogP contribution is 2.38. The molecule has 0 bridgehead atoms. The lowest BCUT2D eigenvalue weighted by molar-refractivity contribution is -0.125. The molecule has 0 aromatic carbocycles. The number of thioether (sulfide) groups is 1. The average molecular weight is 342 g/mol. The minimum Gasteiger partial charge on any atom is -0.352 e. The molecular formula is C17H18N4O2S. The lowest BCUT2D eigenvalue weighted by Gasteiger charge is -2.31. The molecule has 1 aliphatic rings. The third kappa shape index (κ3) is 3.56. The highest BCUT2D eigenvalue weighted by molar-refractivity contribution is 8.00. The summed E-state index contributed by atoms with van der Waals surface area (Å²) in [4.78, 5) is 34.8. The first-order valence-corrected chi connectivity index (χ1v) is 8.65. The van der Waals surface area contributed by atoms with Gasteiger partial charge >= 0.3 is 0 Å². The van der Waals surface area contributed by atoms with Gasteiger partial charge in [-0.25, -0.2) is 4.98 Å². The zero-order valence-electron chi connectivity index (χ0n) is 13.3. The summed E-state index contributed by atoms with van der Waals surface area (Å²) >= 11 is 1.36. The van der Waals surface area contributed by atoms with E-state index in [0.717, 1.165) is 16.3 Å². The van der Waals surface area contributed by atoms with Crippen molar-refractivity contribution in [1.82, 2.24) is 15.3 Å². The molecule has 3 heterocycles. The van der Waals surface area contributed by atoms with Crippen molar-refractivity contribution in [3.05, 3.63) is 48.4 Å². The van der Waals surface area contributed by atoms with Gasteiger partial charge in [-0.2, -0.15) is 0 Å². The molecule has 0 unspecified atom stereocenters. The topological polar surface area (TPSA) is 75.2 Å². The van der Waals surface area contributed by atoms with Crippen LogP contribution >= 0.6 is 11.8 Å². The molecule has 124 valence electrons. The molecule has 2 aromatic rings.